The summed E-state index contributed by atoms with van der Waals surface area (Å²) < 4.78 is 0. The van der Waals surface area contributed by atoms with Crippen molar-refractivity contribution in [1.29, 1.82) is 0 Å². The first-order chi connectivity index (χ1) is 7.96. The van der Waals surface area contributed by atoms with Crippen LogP contribution in [-0.4, -0.2) is 45.8 Å². The number of carboxylic acids is 1. The number of rotatable bonds is 6. The number of nitrogens with one attached hydrogen (secondary N) is 2. The van der Waals surface area contributed by atoms with Crippen LogP contribution >= 0.6 is 0 Å². The summed E-state index contributed by atoms with van der Waals surface area (Å²) in [5.41, 5.74) is 2.26. The Morgan fingerprint density at radius 1 is 1.22 bits per heavy atom. The number of hydrogen-bond acceptors (Lipinski definition) is 4. The number of carbonyl (C=O) groups is 3. The molecule has 0 aliphatic heterocycles. The van der Waals surface area contributed by atoms with Gasteiger partial charge in [0.05, 0.1) is 12.0 Å². The third-order valence-corrected chi connectivity index (χ3v) is 2.20. The van der Waals surface area contributed by atoms with Crippen molar-refractivity contribution in [3.05, 3.63) is 0 Å². The molecular formula is C10H19N3O5. The molecule has 0 aromatic carbocycles. The molecule has 0 fully saturated rings. The van der Waals surface area contributed by atoms with E-state index < -0.39 is 35.5 Å². The SMILES string of the molecule is CC(O)(CNC(=O)NC(C)(C)C(N)=O)CC(=O)O. The van der Waals surface area contributed by atoms with E-state index in [1.165, 1.54) is 20.8 Å². The first-order valence-electron chi connectivity index (χ1n) is 5.26. The van der Waals surface area contributed by atoms with E-state index in [1.54, 1.807) is 0 Å². The third-order valence-electron chi connectivity index (χ3n) is 2.20. The fraction of sp³-hybridized carbons (Fsp3) is 0.700. The molecule has 0 saturated heterocycles. The molecule has 18 heavy (non-hydrogen) atoms. The Kier molecular flexibility index (Phi) is 5.10. The minimum absolute atomic E-state index is 0.264. The second-order valence-electron chi connectivity index (χ2n) is 4.86. The van der Waals surface area contributed by atoms with Crippen molar-refractivity contribution in [2.24, 2.45) is 5.73 Å². The molecular weight excluding hydrogens is 242 g/mol. The molecule has 0 aliphatic rings. The number of hydrogen-bond donors (Lipinski definition) is 5. The highest BCUT2D eigenvalue weighted by atomic mass is 16.4. The molecule has 6 N–H and O–H groups in total. The molecule has 0 radical (unpaired) electrons. The van der Waals surface area contributed by atoms with Gasteiger partial charge in [-0.15, -0.1) is 0 Å². The van der Waals surface area contributed by atoms with Gasteiger partial charge in [0.15, 0.2) is 0 Å². The number of carboxylic acid groups (broad SMARTS) is 1. The van der Waals surface area contributed by atoms with Gasteiger partial charge < -0.3 is 26.6 Å². The summed E-state index contributed by atoms with van der Waals surface area (Å²) in [5.74, 6) is -1.89. The minimum Gasteiger partial charge on any atom is -0.481 e. The standard InChI is InChI=1S/C10H19N3O5/c1-9(2,7(11)16)13-8(17)12-5-10(3,18)4-6(14)15/h18H,4-5H2,1-3H3,(H2,11,16)(H,14,15)(H2,12,13,17). The number of aliphatic carboxylic acids is 1. The van der Waals surface area contributed by atoms with Crippen molar-refractivity contribution in [3.8, 4) is 0 Å². The molecule has 0 aliphatic carbocycles. The van der Waals surface area contributed by atoms with Gasteiger partial charge in [-0.1, -0.05) is 0 Å². The van der Waals surface area contributed by atoms with Crippen LogP contribution in [0.1, 0.15) is 27.2 Å². The van der Waals surface area contributed by atoms with Gasteiger partial charge >= 0.3 is 12.0 Å². The molecule has 1 atom stereocenters. The first kappa shape index (κ1) is 16.2. The molecule has 0 saturated carbocycles. The summed E-state index contributed by atoms with van der Waals surface area (Å²) in [6.07, 6.45) is -0.507. The van der Waals surface area contributed by atoms with Crippen LogP contribution in [0.2, 0.25) is 0 Å². The topological polar surface area (TPSA) is 142 Å². The van der Waals surface area contributed by atoms with Crippen LogP contribution in [0.15, 0.2) is 0 Å². The van der Waals surface area contributed by atoms with E-state index in [2.05, 4.69) is 10.6 Å². The average molecular weight is 261 g/mol. The zero-order valence-corrected chi connectivity index (χ0v) is 10.6. The number of nitrogens with two attached hydrogens (primary N) is 1. The van der Waals surface area contributed by atoms with Gasteiger partial charge in [-0.3, -0.25) is 9.59 Å². The van der Waals surface area contributed by atoms with Gasteiger partial charge in [0.25, 0.3) is 0 Å². The van der Waals surface area contributed by atoms with Gasteiger partial charge in [0.1, 0.15) is 5.54 Å². The molecule has 8 heteroatoms. The number of urea groups is 1. The fourth-order valence-electron chi connectivity index (χ4n) is 1.05. The van der Waals surface area contributed by atoms with Crippen molar-refractivity contribution >= 4 is 17.9 Å². The van der Waals surface area contributed by atoms with E-state index in [0.29, 0.717) is 0 Å². The van der Waals surface area contributed by atoms with Crippen LogP contribution in [0.5, 0.6) is 0 Å². The van der Waals surface area contributed by atoms with Crippen LogP contribution < -0.4 is 16.4 Å². The lowest BCUT2D eigenvalue weighted by Gasteiger charge is -2.25. The normalized spacial score (nSPS) is 14.4. The van der Waals surface area contributed by atoms with Crippen molar-refractivity contribution in [1.82, 2.24) is 10.6 Å². The van der Waals surface area contributed by atoms with E-state index in [-0.39, 0.29) is 6.54 Å². The summed E-state index contributed by atoms with van der Waals surface area (Å²) >= 11 is 0. The van der Waals surface area contributed by atoms with Crippen LogP contribution in [0.4, 0.5) is 4.79 Å². The molecule has 8 nitrogen and oxygen atoms in total. The lowest BCUT2D eigenvalue weighted by molar-refractivity contribution is -0.141. The Bertz CT molecular complexity index is 351. The lowest BCUT2D eigenvalue weighted by Crippen LogP contribution is -2.57. The maximum atomic E-state index is 11.4. The summed E-state index contributed by atoms with van der Waals surface area (Å²) in [5, 5.41) is 22.7. The summed E-state index contributed by atoms with van der Waals surface area (Å²) in [7, 11) is 0. The highest BCUT2D eigenvalue weighted by Gasteiger charge is 2.29. The maximum Gasteiger partial charge on any atom is 0.315 e. The predicted molar refractivity (Wildman–Crippen MR) is 62.7 cm³/mol. The number of amides is 3. The summed E-state index contributed by atoms with van der Waals surface area (Å²) in [4.78, 5) is 32.8. The molecule has 3 amide bonds. The van der Waals surface area contributed by atoms with Gasteiger partial charge in [0, 0.05) is 6.54 Å². The first-order valence-corrected chi connectivity index (χ1v) is 5.26. The van der Waals surface area contributed by atoms with E-state index in [1.807, 2.05) is 0 Å². The molecule has 0 aromatic rings. The second kappa shape index (κ2) is 5.67. The van der Waals surface area contributed by atoms with Crippen LogP contribution in [0.25, 0.3) is 0 Å². The van der Waals surface area contributed by atoms with Gasteiger partial charge in [-0.05, 0) is 20.8 Å². The average Bonchev–Trinajstić information content (AvgIpc) is 2.12. The third kappa shape index (κ3) is 6.04. The van der Waals surface area contributed by atoms with Gasteiger partial charge in [-0.25, -0.2) is 4.79 Å². The Morgan fingerprint density at radius 3 is 2.11 bits per heavy atom. The van der Waals surface area contributed by atoms with E-state index in [9.17, 15) is 19.5 Å². The quantitative estimate of drug-likeness (QED) is 0.407. The highest BCUT2D eigenvalue weighted by Crippen LogP contribution is 2.07. The van der Waals surface area contributed by atoms with Crippen molar-refractivity contribution in [2.45, 2.75) is 38.3 Å². The summed E-state index contributed by atoms with van der Waals surface area (Å²) in [6, 6.07) is -0.718. The van der Waals surface area contributed by atoms with E-state index in [0.717, 1.165) is 0 Å². The lowest BCUT2D eigenvalue weighted by atomic mass is 10.0. The molecule has 0 rings (SSSR count). The monoisotopic (exact) mass is 261 g/mol. The zero-order chi connectivity index (χ0) is 14.6. The fourth-order valence-corrected chi connectivity index (χ4v) is 1.05. The van der Waals surface area contributed by atoms with E-state index >= 15 is 0 Å². The molecule has 1 unspecified atom stereocenters. The molecule has 104 valence electrons. The summed E-state index contributed by atoms with van der Waals surface area (Å²) in [6.45, 7) is 3.86. The zero-order valence-electron chi connectivity index (χ0n) is 10.6. The number of aliphatic hydroxyl groups is 1. The maximum absolute atomic E-state index is 11.4. The highest BCUT2D eigenvalue weighted by molar-refractivity contribution is 5.89. The van der Waals surface area contributed by atoms with Crippen LogP contribution in [0, 0.1) is 0 Å². The Morgan fingerprint density at radius 2 is 1.72 bits per heavy atom. The van der Waals surface area contributed by atoms with Gasteiger partial charge in [-0.2, -0.15) is 0 Å². The molecule has 0 heterocycles. The second-order valence-corrected chi connectivity index (χ2v) is 4.86. The molecule has 0 bridgehead atoms. The molecule has 0 spiro atoms. The van der Waals surface area contributed by atoms with Gasteiger partial charge in [0.2, 0.25) is 5.91 Å². The minimum atomic E-state index is -1.57. The molecule has 0 aromatic heterocycles. The number of primary amides is 1. The predicted octanol–water partition coefficient (Wildman–Crippen LogP) is -1.22. The smallest absolute Gasteiger partial charge is 0.315 e. The van der Waals surface area contributed by atoms with Crippen LogP contribution in [0.3, 0.4) is 0 Å². The number of carbonyl (C=O) groups excluding carboxylic acids is 2. The Hall–Kier alpha value is -1.83. The Balaban J connectivity index is 4.27. The van der Waals surface area contributed by atoms with Crippen molar-refractivity contribution in [2.75, 3.05) is 6.54 Å². The van der Waals surface area contributed by atoms with Crippen molar-refractivity contribution in [3.63, 3.8) is 0 Å². The van der Waals surface area contributed by atoms with Crippen molar-refractivity contribution < 1.29 is 24.6 Å². The largest absolute Gasteiger partial charge is 0.481 e. The Labute approximate surface area is 105 Å². The van der Waals surface area contributed by atoms with E-state index in [4.69, 9.17) is 10.8 Å². The van der Waals surface area contributed by atoms with Crippen LogP contribution in [-0.2, 0) is 9.59 Å².